The van der Waals surface area contributed by atoms with E-state index in [0.29, 0.717) is 17.4 Å². The van der Waals surface area contributed by atoms with Crippen molar-refractivity contribution in [1.29, 1.82) is 0 Å². The number of H-pyrrole nitrogens is 1. The van der Waals surface area contributed by atoms with Gasteiger partial charge in [0, 0.05) is 6.07 Å². The lowest BCUT2D eigenvalue weighted by atomic mass is 10.2. The van der Waals surface area contributed by atoms with E-state index in [1.165, 1.54) is 12.1 Å². The monoisotopic (exact) mass is 233 g/mol. The maximum absolute atomic E-state index is 10.9. The van der Waals surface area contributed by atoms with Gasteiger partial charge in [0.2, 0.25) is 0 Å². The molecule has 7 nitrogen and oxygen atoms in total. The van der Waals surface area contributed by atoms with Gasteiger partial charge in [-0.3, -0.25) is 4.79 Å². The predicted octanol–water partition coefficient (Wildman–Crippen LogP) is 0.230. The number of aromatic amines is 1. The van der Waals surface area contributed by atoms with Gasteiger partial charge < -0.3 is 10.3 Å². The summed E-state index contributed by atoms with van der Waals surface area (Å²) in [6.07, 6.45) is 2.23. The van der Waals surface area contributed by atoms with Crippen molar-refractivity contribution in [1.82, 2.24) is 20.3 Å². The molecule has 0 bridgehead atoms. The minimum absolute atomic E-state index is 0.171. The highest BCUT2D eigenvalue weighted by Gasteiger charge is 2.32. The lowest BCUT2D eigenvalue weighted by Crippen LogP contribution is -2.14. The summed E-state index contributed by atoms with van der Waals surface area (Å²) in [4.78, 5) is 15.0. The third-order valence-corrected chi connectivity index (χ3v) is 2.77. The lowest BCUT2D eigenvalue weighted by molar-refractivity contribution is 0.410. The number of nitrogens with two attached hydrogens (primary N) is 1. The minimum atomic E-state index is -0.275. The van der Waals surface area contributed by atoms with E-state index in [9.17, 15) is 4.79 Å². The zero-order valence-corrected chi connectivity index (χ0v) is 8.96. The Morgan fingerprint density at radius 3 is 2.94 bits per heavy atom. The van der Waals surface area contributed by atoms with Gasteiger partial charge in [-0.2, -0.15) is 10.1 Å². The van der Waals surface area contributed by atoms with Crippen LogP contribution in [0.5, 0.6) is 0 Å². The van der Waals surface area contributed by atoms with Gasteiger partial charge in [-0.15, -0.1) is 0 Å². The molecule has 88 valence electrons. The first kappa shape index (κ1) is 10.2. The number of nitrogens with one attached hydrogen (secondary N) is 1. The molecular weight excluding hydrogens is 222 g/mol. The number of aromatic nitrogens is 4. The molecule has 2 aromatic rings. The van der Waals surface area contributed by atoms with Crippen LogP contribution in [-0.4, -0.2) is 20.3 Å². The Hall–Kier alpha value is -2.02. The van der Waals surface area contributed by atoms with E-state index in [2.05, 4.69) is 20.3 Å². The zero-order valence-electron chi connectivity index (χ0n) is 8.96. The van der Waals surface area contributed by atoms with E-state index in [0.717, 1.165) is 12.8 Å². The maximum atomic E-state index is 10.9. The van der Waals surface area contributed by atoms with Crippen LogP contribution in [0.2, 0.25) is 0 Å². The van der Waals surface area contributed by atoms with Crippen LogP contribution >= 0.6 is 0 Å². The van der Waals surface area contributed by atoms with E-state index >= 15 is 0 Å². The number of hydrogen-bond donors (Lipinski definition) is 2. The molecule has 17 heavy (non-hydrogen) atoms. The van der Waals surface area contributed by atoms with Gasteiger partial charge in [-0.25, -0.2) is 5.10 Å². The molecule has 0 aliphatic heterocycles. The summed E-state index contributed by atoms with van der Waals surface area (Å²) in [5.41, 5.74) is 6.11. The molecule has 0 radical (unpaired) electrons. The third-order valence-electron chi connectivity index (χ3n) is 2.77. The molecule has 3 rings (SSSR count). The first-order chi connectivity index (χ1) is 8.24. The average molecular weight is 233 g/mol. The Labute approximate surface area is 96.0 Å². The van der Waals surface area contributed by atoms with E-state index in [1.54, 1.807) is 0 Å². The standard InChI is InChI=1S/C10H11N5O2/c11-8(5-1-2-5)9-12-10(17-15-9)6-3-4-7(16)14-13-6/h3-5,8H,1-2,11H2,(H,14,16). The molecule has 2 aromatic heterocycles. The van der Waals surface area contributed by atoms with Gasteiger partial charge in [-0.05, 0) is 24.8 Å². The topological polar surface area (TPSA) is 111 Å². The first-order valence-electron chi connectivity index (χ1n) is 5.39. The molecule has 1 atom stereocenters. The Balaban J connectivity index is 1.88. The average Bonchev–Trinajstić information content (AvgIpc) is 3.07. The van der Waals surface area contributed by atoms with Crippen LogP contribution in [0.3, 0.4) is 0 Å². The molecule has 3 N–H and O–H groups in total. The molecule has 0 spiro atoms. The molecular formula is C10H11N5O2. The van der Waals surface area contributed by atoms with Crippen molar-refractivity contribution in [2.24, 2.45) is 11.7 Å². The third kappa shape index (κ3) is 1.96. The largest absolute Gasteiger partial charge is 0.332 e. The Bertz CT molecular complexity index is 566. The molecule has 1 aliphatic carbocycles. The summed E-state index contributed by atoms with van der Waals surface area (Å²) in [6, 6.07) is 2.71. The summed E-state index contributed by atoms with van der Waals surface area (Å²) in [5, 5.41) is 9.95. The molecule has 1 aliphatic rings. The lowest BCUT2D eigenvalue weighted by Gasteiger charge is -2.01. The van der Waals surface area contributed by atoms with Crippen LogP contribution in [0.25, 0.3) is 11.6 Å². The summed E-state index contributed by atoms with van der Waals surface area (Å²) in [7, 11) is 0. The second kappa shape index (κ2) is 3.77. The highest BCUT2D eigenvalue weighted by molar-refractivity contribution is 5.44. The van der Waals surface area contributed by atoms with Crippen molar-refractivity contribution >= 4 is 0 Å². The van der Waals surface area contributed by atoms with Crippen LogP contribution in [-0.2, 0) is 0 Å². The number of nitrogens with zero attached hydrogens (tertiary/aromatic N) is 3. The SMILES string of the molecule is NC(c1noc(-c2ccc(=O)[nH]n2)n1)C1CC1. The van der Waals surface area contributed by atoms with Gasteiger partial charge in [0.1, 0.15) is 5.69 Å². The molecule has 7 heteroatoms. The number of hydrogen-bond acceptors (Lipinski definition) is 6. The van der Waals surface area contributed by atoms with Gasteiger partial charge >= 0.3 is 0 Å². The van der Waals surface area contributed by atoms with Gasteiger partial charge in [-0.1, -0.05) is 5.16 Å². The quantitative estimate of drug-likeness (QED) is 0.785. The molecule has 0 aromatic carbocycles. The summed E-state index contributed by atoms with van der Waals surface area (Å²) < 4.78 is 5.06. The van der Waals surface area contributed by atoms with Crippen LogP contribution in [0.1, 0.15) is 24.7 Å². The zero-order chi connectivity index (χ0) is 11.8. The second-order valence-electron chi connectivity index (χ2n) is 4.13. The molecule has 0 amide bonds. The Kier molecular flexibility index (Phi) is 2.25. The van der Waals surface area contributed by atoms with E-state index in [4.69, 9.17) is 10.3 Å². The highest BCUT2D eigenvalue weighted by Crippen LogP contribution is 2.38. The van der Waals surface area contributed by atoms with Crippen LogP contribution in [0, 0.1) is 5.92 Å². The second-order valence-corrected chi connectivity index (χ2v) is 4.13. The fourth-order valence-electron chi connectivity index (χ4n) is 1.60. The fourth-order valence-corrected chi connectivity index (χ4v) is 1.60. The highest BCUT2D eigenvalue weighted by atomic mass is 16.5. The summed E-state index contributed by atoms with van der Waals surface area (Å²) in [6.45, 7) is 0. The number of rotatable bonds is 3. The Morgan fingerprint density at radius 2 is 2.29 bits per heavy atom. The molecule has 1 unspecified atom stereocenters. The smallest absolute Gasteiger partial charge is 0.278 e. The van der Waals surface area contributed by atoms with Crippen LogP contribution in [0.15, 0.2) is 21.5 Å². The first-order valence-corrected chi connectivity index (χ1v) is 5.39. The van der Waals surface area contributed by atoms with Crippen molar-refractivity contribution in [3.8, 4) is 11.6 Å². The van der Waals surface area contributed by atoms with Crippen molar-refractivity contribution in [3.63, 3.8) is 0 Å². The van der Waals surface area contributed by atoms with Crippen molar-refractivity contribution < 1.29 is 4.52 Å². The van der Waals surface area contributed by atoms with Gasteiger partial charge in [0.25, 0.3) is 11.4 Å². The van der Waals surface area contributed by atoms with E-state index in [-0.39, 0.29) is 17.5 Å². The van der Waals surface area contributed by atoms with E-state index in [1.807, 2.05) is 0 Å². The Morgan fingerprint density at radius 1 is 1.47 bits per heavy atom. The van der Waals surface area contributed by atoms with Gasteiger partial charge in [0.15, 0.2) is 5.82 Å². The van der Waals surface area contributed by atoms with Crippen LogP contribution < -0.4 is 11.3 Å². The van der Waals surface area contributed by atoms with Gasteiger partial charge in [0.05, 0.1) is 6.04 Å². The minimum Gasteiger partial charge on any atom is -0.332 e. The molecule has 2 heterocycles. The van der Waals surface area contributed by atoms with Crippen molar-refractivity contribution in [3.05, 3.63) is 28.3 Å². The molecule has 0 saturated heterocycles. The summed E-state index contributed by atoms with van der Waals surface area (Å²) in [5.74, 6) is 1.23. The predicted molar refractivity (Wildman–Crippen MR) is 57.8 cm³/mol. The van der Waals surface area contributed by atoms with Crippen molar-refractivity contribution in [2.75, 3.05) is 0 Å². The van der Waals surface area contributed by atoms with Crippen LogP contribution in [0.4, 0.5) is 0 Å². The maximum Gasteiger partial charge on any atom is 0.278 e. The summed E-state index contributed by atoms with van der Waals surface area (Å²) >= 11 is 0. The molecule has 1 fully saturated rings. The fraction of sp³-hybridized carbons (Fsp3) is 0.400. The normalized spacial score (nSPS) is 17.0. The molecule has 1 saturated carbocycles. The van der Waals surface area contributed by atoms with E-state index < -0.39 is 0 Å². The van der Waals surface area contributed by atoms with Crippen molar-refractivity contribution in [2.45, 2.75) is 18.9 Å².